The van der Waals surface area contributed by atoms with Gasteiger partial charge in [0.25, 0.3) is 0 Å². The van der Waals surface area contributed by atoms with Crippen LogP contribution < -0.4 is 5.73 Å². The summed E-state index contributed by atoms with van der Waals surface area (Å²) in [6.45, 7) is 4.81. The molecule has 21 heavy (non-hydrogen) atoms. The highest BCUT2D eigenvalue weighted by Gasteiger charge is 2.34. The molecule has 1 aromatic rings. The molecule has 2 N–H and O–H groups in total. The predicted octanol–water partition coefficient (Wildman–Crippen LogP) is 2.16. The number of furan rings is 1. The fourth-order valence-corrected chi connectivity index (χ4v) is 2.84. The van der Waals surface area contributed by atoms with Crippen LogP contribution in [0.4, 0.5) is 13.2 Å². The van der Waals surface area contributed by atoms with Gasteiger partial charge < -0.3 is 10.2 Å². The Kier molecular flexibility index (Phi) is 4.95. The summed E-state index contributed by atoms with van der Waals surface area (Å²) in [4.78, 5) is 3.54. The normalized spacial score (nSPS) is 21.4. The Balaban J connectivity index is 1.98. The van der Waals surface area contributed by atoms with E-state index in [4.69, 9.17) is 10.2 Å². The molecule has 0 radical (unpaired) electrons. The minimum Gasteiger partial charge on any atom is -0.465 e. The first-order valence-corrected chi connectivity index (χ1v) is 7.11. The van der Waals surface area contributed by atoms with E-state index >= 15 is 0 Å². The second-order valence-corrected chi connectivity index (χ2v) is 5.68. The minimum absolute atomic E-state index is 0.0910. The number of nitrogens with two attached hydrogens (primary N) is 1. The monoisotopic (exact) mass is 305 g/mol. The van der Waals surface area contributed by atoms with E-state index in [1.807, 2.05) is 26.0 Å². The van der Waals surface area contributed by atoms with Gasteiger partial charge in [-0.15, -0.1) is 0 Å². The van der Waals surface area contributed by atoms with Crippen LogP contribution in [0.15, 0.2) is 16.5 Å². The van der Waals surface area contributed by atoms with E-state index in [1.165, 1.54) is 4.90 Å². The molecule has 7 heteroatoms. The van der Waals surface area contributed by atoms with Gasteiger partial charge in [0.15, 0.2) is 0 Å². The summed E-state index contributed by atoms with van der Waals surface area (Å²) >= 11 is 0. The number of hydrogen-bond donors (Lipinski definition) is 1. The lowest BCUT2D eigenvalue weighted by Crippen LogP contribution is -2.52. The lowest BCUT2D eigenvalue weighted by Gasteiger charge is -2.40. The predicted molar refractivity (Wildman–Crippen MR) is 73.9 cm³/mol. The lowest BCUT2D eigenvalue weighted by molar-refractivity contribution is -0.150. The average molecular weight is 305 g/mol. The molecule has 2 rings (SSSR count). The van der Waals surface area contributed by atoms with Gasteiger partial charge in [-0.2, -0.15) is 13.2 Å². The van der Waals surface area contributed by atoms with Crippen molar-refractivity contribution in [3.8, 4) is 0 Å². The van der Waals surface area contributed by atoms with Gasteiger partial charge in [0.05, 0.1) is 12.6 Å². The molecule has 120 valence electrons. The molecule has 1 saturated heterocycles. The summed E-state index contributed by atoms with van der Waals surface area (Å²) in [7, 11) is 0. The van der Waals surface area contributed by atoms with E-state index in [2.05, 4.69) is 4.90 Å². The molecule has 1 aliphatic heterocycles. The number of rotatable bonds is 4. The SMILES string of the molecule is Cc1ccc(C(C(C)N)N2CCN(CC(F)(F)F)CC2)o1. The largest absolute Gasteiger partial charge is 0.465 e. The third-order valence-electron chi connectivity index (χ3n) is 3.75. The van der Waals surface area contributed by atoms with Crippen LogP contribution in [-0.4, -0.2) is 54.7 Å². The molecule has 0 amide bonds. The summed E-state index contributed by atoms with van der Waals surface area (Å²) in [5, 5.41) is 0. The van der Waals surface area contributed by atoms with Gasteiger partial charge in [-0.25, -0.2) is 0 Å². The Hall–Kier alpha value is -1.05. The Bertz CT molecular complexity index is 451. The van der Waals surface area contributed by atoms with E-state index in [1.54, 1.807) is 0 Å². The maximum Gasteiger partial charge on any atom is 0.401 e. The van der Waals surface area contributed by atoms with E-state index in [0.29, 0.717) is 26.2 Å². The van der Waals surface area contributed by atoms with Gasteiger partial charge in [0.1, 0.15) is 11.5 Å². The van der Waals surface area contributed by atoms with Gasteiger partial charge in [0, 0.05) is 32.2 Å². The van der Waals surface area contributed by atoms with Crippen LogP contribution in [0.3, 0.4) is 0 Å². The molecule has 0 bridgehead atoms. The van der Waals surface area contributed by atoms with E-state index in [0.717, 1.165) is 11.5 Å². The van der Waals surface area contributed by atoms with Gasteiger partial charge in [0.2, 0.25) is 0 Å². The zero-order valence-electron chi connectivity index (χ0n) is 12.4. The van der Waals surface area contributed by atoms with Crippen LogP contribution in [-0.2, 0) is 0 Å². The van der Waals surface area contributed by atoms with Crippen molar-refractivity contribution < 1.29 is 17.6 Å². The minimum atomic E-state index is -4.14. The van der Waals surface area contributed by atoms with Crippen molar-refractivity contribution in [1.82, 2.24) is 9.80 Å². The molecule has 1 fully saturated rings. The van der Waals surface area contributed by atoms with Crippen LogP contribution in [0.1, 0.15) is 24.5 Å². The number of hydrogen-bond acceptors (Lipinski definition) is 4. The van der Waals surface area contributed by atoms with Gasteiger partial charge in [-0.05, 0) is 26.0 Å². The third-order valence-corrected chi connectivity index (χ3v) is 3.75. The molecule has 2 heterocycles. The molecule has 1 aromatic heterocycles. The molecule has 4 nitrogen and oxygen atoms in total. The molecular weight excluding hydrogens is 283 g/mol. The topological polar surface area (TPSA) is 45.6 Å². The quantitative estimate of drug-likeness (QED) is 0.926. The van der Waals surface area contributed by atoms with Gasteiger partial charge in [-0.3, -0.25) is 9.80 Å². The van der Waals surface area contributed by atoms with Crippen molar-refractivity contribution in [2.45, 2.75) is 32.1 Å². The third kappa shape index (κ3) is 4.46. The Morgan fingerprint density at radius 2 is 1.86 bits per heavy atom. The van der Waals surface area contributed by atoms with Crippen LogP contribution in [0.2, 0.25) is 0 Å². The van der Waals surface area contributed by atoms with Crippen LogP contribution >= 0.6 is 0 Å². The molecule has 0 aliphatic carbocycles. The number of halogens is 3. The van der Waals surface area contributed by atoms with E-state index in [-0.39, 0.29) is 12.1 Å². The van der Waals surface area contributed by atoms with Crippen molar-refractivity contribution in [1.29, 1.82) is 0 Å². The van der Waals surface area contributed by atoms with Crippen LogP contribution in [0.25, 0.3) is 0 Å². The lowest BCUT2D eigenvalue weighted by atomic mass is 10.0. The van der Waals surface area contributed by atoms with Gasteiger partial charge in [-0.1, -0.05) is 0 Å². The maximum absolute atomic E-state index is 12.4. The molecule has 1 aliphatic rings. The first kappa shape index (κ1) is 16.3. The van der Waals surface area contributed by atoms with Crippen molar-refractivity contribution >= 4 is 0 Å². The molecule has 2 unspecified atom stereocenters. The number of nitrogens with zero attached hydrogens (tertiary/aromatic N) is 2. The fraction of sp³-hybridized carbons (Fsp3) is 0.714. The van der Waals surface area contributed by atoms with Crippen molar-refractivity contribution in [2.24, 2.45) is 5.73 Å². The molecule has 0 saturated carbocycles. The second-order valence-electron chi connectivity index (χ2n) is 5.68. The highest BCUT2D eigenvalue weighted by molar-refractivity contribution is 5.12. The Morgan fingerprint density at radius 1 is 1.24 bits per heavy atom. The zero-order valence-corrected chi connectivity index (χ0v) is 12.4. The average Bonchev–Trinajstić information content (AvgIpc) is 2.76. The number of alkyl halides is 3. The molecule has 0 spiro atoms. The number of aryl methyl sites for hydroxylation is 1. The zero-order chi connectivity index (χ0) is 15.6. The fourth-order valence-electron chi connectivity index (χ4n) is 2.84. The van der Waals surface area contributed by atoms with Crippen molar-refractivity contribution in [3.05, 3.63) is 23.7 Å². The van der Waals surface area contributed by atoms with Crippen molar-refractivity contribution in [2.75, 3.05) is 32.7 Å². The maximum atomic E-state index is 12.4. The van der Waals surface area contributed by atoms with E-state index < -0.39 is 12.7 Å². The first-order chi connectivity index (χ1) is 9.76. The molecule has 0 aromatic carbocycles. The van der Waals surface area contributed by atoms with E-state index in [9.17, 15) is 13.2 Å². The number of piperazine rings is 1. The Labute approximate surface area is 122 Å². The summed E-state index contributed by atoms with van der Waals surface area (Å²) in [6.07, 6.45) is -4.14. The smallest absolute Gasteiger partial charge is 0.401 e. The molecule has 2 atom stereocenters. The highest BCUT2D eigenvalue weighted by Crippen LogP contribution is 2.27. The van der Waals surface area contributed by atoms with Crippen LogP contribution in [0.5, 0.6) is 0 Å². The second kappa shape index (κ2) is 6.37. The van der Waals surface area contributed by atoms with Crippen molar-refractivity contribution in [3.63, 3.8) is 0 Å². The van der Waals surface area contributed by atoms with Gasteiger partial charge >= 0.3 is 6.18 Å². The molecular formula is C14H22F3N3O. The summed E-state index contributed by atoms with van der Waals surface area (Å²) in [5.41, 5.74) is 6.05. The van der Waals surface area contributed by atoms with Crippen LogP contribution in [0, 0.1) is 6.92 Å². The Morgan fingerprint density at radius 3 is 2.29 bits per heavy atom. The highest BCUT2D eigenvalue weighted by atomic mass is 19.4. The summed E-state index contributed by atoms with van der Waals surface area (Å²) < 4.78 is 42.9. The summed E-state index contributed by atoms with van der Waals surface area (Å²) in [5.74, 6) is 1.60. The summed E-state index contributed by atoms with van der Waals surface area (Å²) in [6, 6.07) is 3.53. The standard InChI is InChI=1S/C14H22F3N3O/c1-10-3-4-12(21-10)13(11(2)18)20-7-5-19(6-8-20)9-14(15,16)17/h3-4,11,13H,5-9,18H2,1-2H3. The first-order valence-electron chi connectivity index (χ1n) is 7.11.